The molecular weight excluding hydrogens is 205 g/mol. The number of nitrogens with zero attached hydrogens (tertiary/aromatic N) is 1. The second kappa shape index (κ2) is 8.16. The van der Waals surface area contributed by atoms with E-state index in [4.69, 9.17) is 0 Å². The molecule has 0 fully saturated rings. The summed E-state index contributed by atoms with van der Waals surface area (Å²) in [4.78, 5) is 23.4. The Morgan fingerprint density at radius 1 is 1.13 bits per heavy atom. The van der Waals surface area contributed by atoms with E-state index >= 15 is 0 Å². The van der Waals surface area contributed by atoms with E-state index in [-0.39, 0.29) is 19.5 Å². The highest BCUT2D eigenvalue weighted by molar-refractivity contribution is 5.74. The third-order valence-electron chi connectivity index (χ3n) is 1.77. The average molecular weight is 221 g/mol. The van der Waals surface area contributed by atoms with Gasteiger partial charge in [0.15, 0.2) is 0 Å². The van der Waals surface area contributed by atoms with E-state index < -0.39 is 18.6 Å². The van der Waals surface area contributed by atoms with Gasteiger partial charge in [-0.3, -0.25) is 18.9 Å². The maximum atomic E-state index is 11.9. The van der Waals surface area contributed by atoms with E-state index in [1.165, 1.54) is 19.1 Å². The summed E-state index contributed by atoms with van der Waals surface area (Å²) in [7, 11) is 2.52. The molecule has 0 spiro atoms. The molecular formula is C9H16FNO4. The zero-order valence-electron chi connectivity index (χ0n) is 8.99. The van der Waals surface area contributed by atoms with Gasteiger partial charge in [-0.15, -0.1) is 0 Å². The molecule has 0 aliphatic heterocycles. The van der Waals surface area contributed by atoms with Gasteiger partial charge in [0, 0.05) is 6.54 Å². The average Bonchev–Trinajstić information content (AvgIpc) is 2.25. The Balaban J connectivity index is 4.05. The number of esters is 2. The van der Waals surface area contributed by atoms with Crippen molar-refractivity contribution in [3.05, 3.63) is 0 Å². The van der Waals surface area contributed by atoms with Crippen LogP contribution >= 0.6 is 0 Å². The van der Waals surface area contributed by atoms with Crippen LogP contribution in [0.1, 0.15) is 6.42 Å². The van der Waals surface area contributed by atoms with Crippen LogP contribution in [0.4, 0.5) is 4.39 Å². The molecule has 88 valence electrons. The number of carbonyl (C=O) groups is 2. The molecule has 0 heterocycles. The fourth-order valence-electron chi connectivity index (χ4n) is 0.992. The zero-order valence-corrected chi connectivity index (χ0v) is 8.99. The summed E-state index contributed by atoms with van der Waals surface area (Å²) in [6, 6.07) is 0. The van der Waals surface area contributed by atoms with E-state index in [2.05, 4.69) is 9.47 Å². The molecule has 0 atom stereocenters. The predicted octanol–water partition coefficient (Wildman–Crippen LogP) is -0.00600. The second-order valence-electron chi connectivity index (χ2n) is 2.91. The standard InChI is InChI=1S/C9H16FNO4/c1-14-8(12)6-11(5-3-4-10)7-9(13)15-2/h3-7H2,1-2H3. The van der Waals surface area contributed by atoms with Gasteiger partial charge in [-0.1, -0.05) is 0 Å². The first kappa shape index (κ1) is 13.8. The van der Waals surface area contributed by atoms with E-state index in [1.54, 1.807) is 0 Å². The molecule has 0 amide bonds. The van der Waals surface area contributed by atoms with Crippen molar-refractivity contribution in [2.75, 3.05) is 40.5 Å². The molecule has 0 N–H and O–H groups in total. The summed E-state index contributed by atoms with van der Waals surface area (Å²) in [6.07, 6.45) is 0.272. The van der Waals surface area contributed by atoms with Crippen LogP contribution in [0.2, 0.25) is 0 Å². The molecule has 0 aromatic heterocycles. The number of rotatable bonds is 7. The lowest BCUT2D eigenvalue weighted by atomic mass is 10.4. The lowest BCUT2D eigenvalue weighted by Crippen LogP contribution is -2.36. The van der Waals surface area contributed by atoms with Crippen LogP contribution in [-0.2, 0) is 19.1 Å². The lowest BCUT2D eigenvalue weighted by molar-refractivity contribution is -0.145. The molecule has 0 aliphatic carbocycles. The maximum Gasteiger partial charge on any atom is 0.319 e. The van der Waals surface area contributed by atoms with Gasteiger partial charge in [0.2, 0.25) is 0 Å². The number of carbonyl (C=O) groups excluding carboxylic acids is 2. The summed E-state index contributed by atoms with van der Waals surface area (Å²) in [5.41, 5.74) is 0. The number of hydrogen-bond donors (Lipinski definition) is 0. The Morgan fingerprint density at radius 3 is 1.93 bits per heavy atom. The molecule has 0 aromatic rings. The van der Waals surface area contributed by atoms with Crippen molar-refractivity contribution in [2.45, 2.75) is 6.42 Å². The minimum Gasteiger partial charge on any atom is -0.468 e. The van der Waals surface area contributed by atoms with Gasteiger partial charge in [-0.2, -0.15) is 0 Å². The Bertz CT molecular complexity index is 192. The highest BCUT2D eigenvalue weighted by Gasteiger charge is 2.14. The van der Waals surface area contributed by atoms with Gasteiger partial charge in [0.05, 0.1) is 34.0 Å². The summed E-state index contributed by atoms with van der Waals surface area (Å²) in [5, 5.41) is 0. The van der Waals surface area contributed by atoms with E-state index in [0.717, 1.165) is 0 Å². The highest BCUT2D eigenvalue weighted by atomic mass is 19.1. The van der Waals surface area contributed by atoms with Crippen LogP contribution < -0.4 is 0 Å². The molecule has 0 aromatic carbocycles. The van der Waals surface area contributed by atoms with Crippen LogP contribution in [0.3, 0.4) is 0 Å². The zero-order chi connectivity index (χ0) is 11.7. The van der Waals surface area contributed by atoms with Crippen molar-refractivity contribution in [3.8, 4) is 0 Å². The van der Waals surface area contributed by atoms with Crippen molar-refractivity contribution in [1.29, 1.82) is 0 Å². The third-order valence-corrected chi connectivity index (χ3v) is 1.77. The smallest absolute Gasteiger partial charge is 0.319 e. The molecule has 0 bridgehead atoms. The Morgan fingerprint density at radius 2 is 1.60 bits per heavy atom. The number of halogens is 1. The Hall–Kier alpha value is -1.17. The molecule has 0 saturated carbocycles. The number of hydrogen-bond acceptors (Lipinski definition) is 5. The van der Waals surface area contributed by atoms with Crippen LogP contribution in [0.15, 0.2) is 0 Å². The molecule has 15 heavy (non-hydrogen) atoms. The summed E-state index contributed by atoms with van der Waals surface area (Å²) >= 11 is 0. The summed E-state index contributed by atoms with van der Waals surface area (Å²) < 4.78 is 20.8. The molecule has 0 unspecified atom stereocenters. The molecule has 6 heteroatoms. The largest absolute Gasteiger partial charge is 0.468 e. The first-order valence-electron chi connectivity index (χ1n) is 4.56. The molecule has 0 rings (SSSR count). The quantitative estimate of drug-likeness (QED) is 0.566. The van der Waals surface area contributed by atoms with E-state index in [9.17, 15) is 14.0 Å². The predicted molar refractivity (Wildman–Crippen MR) is 51.1 cm³/mol. The normalized spacial score (nSPS) is 10.1. The Kier molecular flexibility index (Phi) is 7.53. The molecule has 5 nitrogen and oxygen atoms in total. The first-order chi connectivity index (χ1) is 7.13. The second-order valence-corrected chi connectivity index (χ2v) is 2.91. The van der Waals surface area contributed by atoms with Crippen molar-refractivity contribution >= 4 is 11.9 Å². The van der Waals surface area contributed by atoms with Gasteiger partial charge >= 0.3 is 11.9 Å². The lowest BCUT2D eigenvalue weighted by Gasteiger charge is -2.18. The van der Waals surface area contributed by atoms with Crippen molar-refractivity contribution in [2.24, 2.45) is 0 Å². The van der Waals surface area contributed by atoms with Crippen molar-refractivity contribution in [1.82, 2.24) is 4.90 Å². The number of alkyl halides is 1. The summed E-state index contributed by atoms with van der Waals surface area (Å²) in [6.45, 7) is -0.239. The first-order valence-corrected chi connectivity index (χ1v) is 4.56. The third kappa shape index (κ3) is 6.84. The minimum absolute atomic E-state index is 0.0361. The topological polar surface area (TPSA) is 55.8 Å². The molecule has 0 aliphatic rings. The maximum absolute atomic E-state index is 11.9. The highest BCUT2D eigenvalue weighted by Crippen LogP contribution is 1.94. The summed E-state index contributed by atoms with van der Waals surface area (Å²) in [5.74, 6) is -0.921. The van der Waals surface area contributed by atoms with Gasteiger partial charge in [0.1, 0.15) is 0 Å². The molecule has 0 radical (unpaired) electrons. The number of methoxy groups -OCH3 is 2. The number of ether oxygens (including phenoxy) is 2. The SMILES string of the molecule is COC(=O)CN(CCCF)CC(=O)OC. The van der Waals surface area contributed by atoms with E-state index in [0.29, 0.717) is 6.54 Å². The van der Waals surface area contributed by atoms with Crippen LogP contribution in [0.5, 0.6) is 0 Å². The van der Waals surface area contributed by atoms with Crippen molar-refractivity contribution in [3.63, 3.8) is 0 Å². The van der Waals surface area contributed by atoms with Crippen LogP contribution in [0, 0.1) is 0 Å². The van der Waals surface area contributed by atoms with Gasteiger partial charge in [0.25, 0.3) is 0 Å². The Labute approximate surface area is 88.1 Å². The van der Waals surface area contributed by atoms with Gasteiger partial charge < -0.3 is 9.47 Å². The fraction of sp³-hybridized carbons (Fsp3) is 0.778. The van der Waals surface area contributed by atoms with Crippen molar-refractivity contribution < 1.29 is 23.5 Å². The minimum atomic E-state index is -0.487. The van der Waals surface area contributed by atoms with Gasteiger partial charge in [-0.25, -0.2) is 0 Å². The molecule has 0 saturated heterocycles. The van der Waals surface area contributed by atoms with Gasteiger partial charge in [-0.05, 0) is 6.42 Å². The monoisotopic (exact) mass is 221 g/mol. The van der Waals surface area contributed by atoms with Crippen LogP contribution in [-0.4, -0.2) is 57.4 Å². The van der Waals surface area contributed by atoms with Crippen LogP contribution in [0.25, 0.3) is 0 Å². The fourth-order valence-corrected chi connectivity index (χ4v) is 0.992. The van der Waals surface area contributed by atoms with E-state index in [1.807, 2.05) is 0 Å².